The van der Waals surface area contributed by atoms with Gasteiger partial charge in [0.25, 0.3) is 0 Å². The summed E-state index contributed by atoms with van der Waals surface area (Å²) in [6.07, 6.45) is 8.60. The van der Waals surface area contributed by atoms with Crippen LogP contribution in [-0.4, -0.2) is 24.9 Å². The van der Waals surface area contributed by atoms with Gasteiger partial charge in [-0.2, -0.15) is 0 Å². The second kappa shape index (κ2) is 9.87. The maximum atomic E-state index is 12.0. The molecule has 0 heterocycles. The van der Waals surface area contributed by atoms with Crippen molar-refractivity contribution in [2.24, 2.45) is 0 Å². The Morgan fingerprint density at radius 2 is 2.00 bits per heavy atom. The van der Waals surface area contributed by atoms with Crippen LogP contribution in [0.4, 0.5) is 11.4 Å². The SMILES string of the molecule is CCC(=O)Nc1cc(NCC(=O)NCCC2=CCCCC2)ccc1C. The molecular formula is C20H29N3O2. The molecule has 5 nitrogen and oxygen atoms in total. The van der Waals surface area contributed by atoms with Crippen molar-refractivity contribution in [2.75, 3.05) is 23.7 Å². The largest absolute Gasteiger partial charge is 0.376 e. The van der Waals surface area contributed by atoms with Crippen molar-refractivity contribution < 1.29 is 9.59 Å². The van der Waals surface area contributed by atoms with Gasteiger partial charge in [-0.15, -0.1) is 0 Å². The Morgan fingerprint density at radius 3 is 2.72 bits per heavy atom. The van der Waals surface area contributed by atoms with Crippen LogP contribution >= 0.6 is 0 Å². The Hall–Kier alpha value is -2.30. The lowest BCUT2D eigenvalue weighted by Gasteiger charge is -2.14. The highest BCUT2D eigenvalue weighted by atomic mass is 16.2. The standard InChI is InChI=1S/C20H29N3O2/c1-3-19(24)23-18-13-17(10-9-15(18)2)22-14-20(25)21-12-11-16-7-5-4-6-8-16/h7,9-10,13,22H,3-6,8,11-12,14H2,1-2H3,(H,21,25)(H,23,24). The van der Waals surface area contributed by atoms with Crippen molar-refractivity contribution in [1.82, 2.24) is 5.32 Å². The number of hydrogen-bond donors (Lipinski definition) is 3. The first kappa shape index (κ1) is 19.0. The topological polar surface area (TPSA) is 70.2 Å². The van der Waals surface area contributed by atoms with Crippen molar-refractivity contribution in [3.8, 4) is 0 Å². The summed E-state index contributed by atoms with van der Waals surface area (Å²) in [5, 5.41) is 8.94. The quantitative estimate of drug-likeness (QED) is 0.629. The molecule has 1 aliphatic rings. The summed E-state index contributed by atoms with van der Waals surface area (Å²) in [5.74, 6) is -0.0360. The molecule has 1 aromatic rings. The molecule has 0 saturated heterocycles. The van der Waals surface area contributed by atoms with Crippen LogP contribution in [0.2, 0.25) is 0 Å². The molecule has 1 aliphatic carbocycles. The Kier molecular flexibility index (Phi) is 7.51. The van der Waals surface area contributed by atoms with E-state index in [2.05, 4.69) is 22.0 Å². The molecule has 0 spiro atoms. The number of amides is 2. The van der Waals surface area contributed by atoms with Gasteiger partial charge in [-0.05, 0) is 56.7 Å². The fourth-order valence-corrected chi connectivity index (χ4v) is 2.84. The minimum absolute atomic E-state index is 0.0175. The van der Waals surface area contributed by atoms with Gasteiger partial charge >= 0.3 is 0 Å². The van der Waals surface area contributed by atoms with Crippen LogP contribution in [0, 0.1) is 6.92 Å². The van der Waals surface area contributed by atoms with Crippen LogP contribution in [0.5, 0.6) is 0 Å². The molecule has 0 aromatic heterocycles. The first-order chi connectivity index (χ1) is 12.1. The number of rotatable bonds is 8. The molecule has 0 radical (unpaired) electrons. The number of anilines is 2. The first-order valence-corrected chi connectivity index (χ1v) is 9.17. The Morgan fingerprint density at radius 1 is 1.16 bits per heavy atom. The van der Waals surface area contributed by atoms with Gasteiger partial charge in [-0.1, -0.05) is 24.6 Å². The number of hydrogen-bond acceptors (Lipinski definition) is 3. The lowest BCUT2D eigenvalue weighted by molar-refractivity contribution is -0.119. The van der Waals surface area contributed by atoms with Crippen molar-refractivity contribution in [3.05, 3.63) is 35.4 Å². The molecule has 0 bridgehead atoms. The number of carbonyl (C=O) groups excluding carboxylic acids is 2. The van der Waals surface area contributed by atoms with Crippen LogP contribution in [0.15, 0.2) is 29.8 Å². The van der Waals surface area contributed by atoms with Crippen LogP contribution in [-0.2, 0) is 9.59 Å². The molecule has 0 fully saturated rings. The predicted molar refractivity (Wildman–Crippen MR) is 103 cm³/mol. The van der Waals surface area contributed by atoms with Gasteiger partial charge in [0, 0.05) is 24.3 Å². The van der Waals surface area contributed by atoms with Crippen LogP contribution < -0.4 is 16.0 Å². The Bertz CT molecular complexity index is 638. The molecule has 0 aliphatic heterocycles. The summed E-state index contributed by atoms with van der Waals surface area (Å²) in [7, 11) is 0. The number of nitrogens with one attached hydrogen (secondary N) is 3. The lowest BCUT2D eigenvalue weighted by atomic mass is 9.97. The van der Waals surface area contributed by atoms with Crippen molar-refractivity contribution in [3.63, 3.8) is 0 Å². The summed E-state index contributed by atoms with van der Waals surface area (Å²) in [6, 6.07) is 5.71. The van der Waals surface area contributed by atoms with Crippen molar-refractivity contribution in [2.45, 2.75) is 52.4 Å². The monoisotopic (exact) mass is 343 g/mol. The summed E-state index contributed by atoms with van der Waals surface area (Å²) >= 11 is 0. The molecule has 5 heteroatoms. The maximum absolute atomic E-state index is 12.0. The fourth-order valence-electron chi connectivity index (χ4n) is 2.84. The zero-order valence-corrected chi connectivity index (χ0v) is 15.3. The second-order valence-electron chi connectivity index (χ2n) is 6.49. The molecule has 25 heavy (non-hydrogen) atoms. The van der Waals surface area contributed by atoms with Gasteiger partial charge in [-0.3, -0.25) is 9.59 Å². The second-order valence-corrected chi connectivity index (χ2v) is 6.49. The van der Waals surface area contributed by atoms with E-state index in [4.69, 9.17) is 0 Å². The predicted octanol–water partition coefficient (Wildman–Crippen LogP) is 3.76. The van der Waals surface area contributed by atoms with Crippen molar-refractivity contribution in [1.29, 1.82) is 0 Å². The van der Waals surface area contributed by atoms with Crippen molar-refractivity contribution >= 4 is 23.2 Å². The molecule has 2 amide bonds. The van der Waals surface area contributed by atoms with E-state index in [0.29, 0.717) is 13.0 Å². The fraction of sp³-hybridized carbons (Fsp3) is 0.500. The van der Waals surface area contributed by atoms with E-state index in [1.54, 1.807) is 0 Å². The summed E-state index contributed by atoms with van der Waals surface area (Å²) in [4.78, 5) is 23.5. The van der Waals surface area contributed by atoms with Crippen LogP contribution in [0.1, 0.15) is 51.0 Å². The molecular weight excluding hydrogens is 314 g/mol. The van der Waals surface area contributed by atoms with E-state index in [1.165, 1.54) is 31.3 Å². The molecule has 0 unspecified atom stereocenters. The van der Waals surface area contributed by atoms with E-state index in [9.17, 15) is 9.59 Å². The van der Waals surface area contributed by atoms with E-state index in [0.717, 1.165) is 23.4 Å². The number of aryl methyl sites for hydroxylation is 1. The third-order valence-corrected chi connectivity index (χ3v) is 4.44. The number of benzene rings is 1. The van der Waals surface area contributed by atoms with E-state index >= 15 is 0 Å². The van der Waals surface area contributed by atoms with Gasteiger partial charge in [0.1, 0.15) is 0 Å². The number of carbonyl (C=O) groups is 2. The zero-order chi connectivity index (χ0) is 18.1. The highest BCUT2D eigenvalue weighted by Gasteiger charge is 2.07. The maximum Gasteiger partial charge on any atom is 0.239 e. The zero-order valence-electron chi connectivity index (χ0n) is 15.3. The summed E-state index contributed by atoms with van der Waals surface area (Å²) < 4.78 is 0. The highest BCUT2D eigenvalue weighted by Crippen LogP contribution is 2.21. The average molecular weight is 343 g/mol. The third kappa shape index (κ3) is 6.61. The van der Waals surface area contributed by atoms with E-state index in [1.807, 2.05) is 32.0 Å². The van der Waals surface area contributed by atoms with Gasteiger partial charge < -0.3 is 16.0 Å². The third-order valence-electron chi connectivity index (χ3n) is 4.44. The molecule has 0 atom stereocenters. The summed E-state index contributed by atoms with van der Waals surface area (Å²) in [6.45, 7) is 4.68. The minimum Gasteiger partial charge on any atom is -0.376 e. The van der Waals surface area contributed by atoms with Gasteiger partial charge in [0.15, 0.2) is 0 Å². The van der Waals surface area contributed by atoms with Crippen LogP contribution in [0.3, 0.4) is 0 Å². The van der Waals surface area contributed by atoms with Crippen LogP contribution in [0.25, 0.3) is 0 Å². The van der Waals surface area contributed by atoms with Gasteiger partial charge in [0.05, 0.1) is 6.54 Å². The molecule has 3 N–H and O–H groups in total. The lowest BCUT2D eigenvalue weighted by Crippen LogP contribution is -2.30. The smallest absolute Gasteiger partial charge is 0.239 e. The Labute approximate surface area is 150 Å². The first-order valence-electron chi connectivity index (χ1n) is 9.17. The molecule has 1 aromatic carbocycles. The number of allylic oxidation sites excluding steroid dienone is 1. The highest BCUT2D eigenvalue weighted by molar-refractivity contribution is 5.92. The van der Waals surface area contributed by atoms with E-state index in [-0.39, 0.29) is 18.4 Å². The molecule has 0 saturated carbocycles. The summed E-state index contributed by atoms with van der Waals surface area (Å²) in [5.41, 5.74) is 4.07. The van der Waals surface area contributed by atoms with Gasteiger partial charge in [-0.25, -0.2) is 0 Å². The normalized spacial score (nSPS) is 13.8. The van der Waals surface area contributed by atoms with E-state index < -0.39 is 0 Å². The van der Waals surface area contributed by atoms with Gasteiger partial charge in [0.2, 0.25) is 11.8 Å². The molecule has 2 rings (SSSR count). The molecule has 136 valence electrons. The Balaban J connectivity index is 1.76. The minimum atomic E-state index is -0.0185. The average Bonchev–Trinajstić information content (AvgIpc) is 2.63.